The van der Waals surface area contributed by atoms with Crippen molar-refractivity contribution in [3.05, 3.63) is 28.5 Å². The van der Waals surface area contributed by atoms with E-state index in [-0.39, 0.29) is 5.78 Å². The third kappa shape index (κ3) is 2.12. The molecule has 0 radical (unpaired) electrons. The molecule has 1 heterocycles. The molecule has 0 aliphatic carbocycles. The molecule has 2 N–H and O–H groups in total. The number of pyridine rings is 1. The van der Waals surface area contributed by atoms with E-state index in [1.54, 1.807) is 19.2 Å². The van der Waals surface area contributed by atoms with Crippen molar-refractivity contribution >= 4 is 21.7 Å². The Balaban J connectivity index is 2.96. The summed E-state index contributed by atoms with van der Waals surface area (Å²) in [5.74, 6) is -0.0937. The van der Waals surface area contributed by atoms with Gasteiger partial charge in [0.2, 0.25) is 0 Å². The Labute approximate surface area is 79.1 Å². The molecule has 12 heavy (non-hydrogen) atoms. The van der Waals surface area contributed by atoms with Gasteiger partial charge in [0.15, 0.2) is 5.78 Å². The summed E-state index contributed by atoms with van der Waals surface area (Å²) in [5.41, 5.74) is 5.97. The molecule has 0 aliphatic heterocycles. The molecule has 0 aromatic carbocycles. The van der Waals surface area contributed by atoms with Crippen molar-refractivity contribution in [2.45, 2.75) is 13.0 Å². The normalized spacial score (nSPS) is 12.6. The Hall–Kier alpha value is -0.740. The fourth-order valence-electron chi connectivity index (χ4n) is 0.810. The second-order valence-corrected chi connectivity index (χ2v) is 3.46. The zero-order valence-corrected chi connectivity index (χ0v) is 8.21. The molecule has 0 aliphatic rings. The lowest BCUT2D eigenvalue weighted by Crippen LogP contribution is -2.26. The summed E-state index contributed by atoms with van der Waals surface area (Å²) in [4.78, 5) is 15.2. The van der Waals surface area contributed by atoms with E-state index in [1.807, 2.05) is 0 Å². The number of hydrogen-bond donors (Lipinski definition) is 1. The number of carbonyl (C=O) groups excluding carboxylic acids is 1. The molecule has 3 nitrogen and oxygen atoms in total. The molecule has 0 amide bonds. The number of ketones is 1. The summed E-state index contributed by atoms with van der Waals surface area (Å²) in [6.45, 7) is 1.66. The minimum atomic E-state index is -0.471. The summed E-state index contributed by atoms with van der Waals surface area (Å²) >= 11 is 3.22. The Morgan fingerprint density at radius 1 is 1.67 bits per heavy atom. The molecule has 0 spiro atoms. The minimum Gasteiger partial charge on any atom is -0.321 e. The number of Topliss-reactive ketones (excluding diaryl/α,β-unsaturated/α-hetero) is 1. The molecular formula is C8H9BrN2O. The second kappa shape index (κ2) is 3.78. The summed E-state index contributed by atoms with van der Waals surface area (Å²) in [7, 11) is 0. The lowest BCUT2D eigenvalue weighted by atomic mass is 10.1. The third-order valence-corrected chi connectivity index (χ3v) is 1.84. The fourth-order valence-corrected chi connectivity index (χ4v) is 1.17. The first-order valence-corrected chi connectivity index (χ1v) is 4.31. The predicted octanol–water partition coefficient (Wildman–Crippen LogP) is 1.37. The van der Waals surface area contributed by atoms with Crippen molar-refractivity contribution in [3.8, 4) is 0 Å². The molecule has 0 fully saturated rings. The molecule has 0 saturated carbocycles. The summed E-state index contributed by atoms with van der Waals surface area (Å²) in [6, 6.07) is 1.24. The van der Waals surface area contributed by atoms with Crippen molar-refractivity contribution in [1.82, 2.24) is 4.98 Å². The minimum absolute atomic E-state index is 0.0937. The SMILES string of the molecule is CC(N)C(=O)c1cncc(Br)c1. The molecular weight excluding hydrogens is 220 g/mol. The average molecular weight is 229 g/mol. The number of hydrogen-bond acceptors (Lipinski definition) is 3. The Morgan fingerprint density at radius 2 is 2.33 bits per heavy atom. The van der Waals surface area contributed by atoms with Crippen LogP contribution in [-0.2, 0) is 0 Å². The van der Waals surface area contributed by atoms with Gasteiger partial charge < -0.3 is 5.73 Å². The first-order chi connectivity index (χ1) is 5.61. The van der Waals surface area contributed by atoms with Crippen LogP contribution in [0.4, 0.5) is 0 Å². The second-order valence-electron chi connectivity index (χ2n) is 2.54. The highest BCUT2D eigenvalue weighted by Gasteiger charge is 2.10. The van der Waals surface area contributed by atoms with Gasteiger partial charge in [-0.25, -0.2) is 0 Å². The maximum absolute atomic E-state index is 11.3. The molecule has 0 bridgehead atoms. The zero-order valence-electron chi connectivity index (χ0n) is 6.62. The van der Waals surface area contributed by atoms with Crippen LogP contribution < -0.4 is 5.73 Å². The summed E-state index contributed by atoms with van der Waals surface area (Å²) in [6.07, 6.45) is 3.13. The lowest BCUT2D eigenvalue weighted by Gasteiger charge is -2.03. The van der Waals surface area contributed by atoms with Gasteiger partial charge in [0.05, 0.1) is 6.04 Å². The van der Waals surface area contributed by atoms with Gasteiger partial charge in [-0.05, 0) is 28.9 Å². The smallest absolute Gasteiger partial charge is 0.180 e. The van der Waals surface area contributed by atoms with Crippen LogP contribution in [0.25, 0.3) is 0 Å². The molecule has 64 valence electrons. The van der Waals surface area contributed by atoms with Crippen LogP contribution >= 0.6 is 15.9 Å². The maximum Gasteiger partial charge on any atom is 0.180 e. The van der Waals surface area contributed by atoms with Gasteiger partial charge in [0.1, 0.15) is 0 Å². The number of rotatable bonds is 2. The summed E-state index contributed by atoms with van der Waals surface area (Å²) < 4.78 is 0.786. The summed E-state index contributed by atoms with van der Waals surface area (Å²) in [5, 5.41) is 0. The van der Waals surface area contributed by atoms with Crippen molar-refractivity contribution in [3.63, 3.8) is 0 Å². The first-order valence-electron chi connectivity index (χ1n) is 3.51. The molecule has 1 unspecified atom stereocenters. The van der Waals surface area contributed by atoms with E-state index in [0.717, 1.165) is 4.47 Å². The van der Waals surface area contributed by atoms with Gasteiger partial charge in [0.25, 0.3) is 0 Å². The Kier molecular flexibility index (Phi) is 2.94. The van der Waals surface area contributed by atoms with Crippen LogP contribution in [0.2, 0.25) is 0 Å². The van der Waals surface area contributed by atoms with E-state index in [9.17, 15) is 4.79 Å². The fraction of sp³-hybridized carbons (Fsp3) is 0.250. The van der Waals surface area contributed by atoms with Crippen LogP contribution in [0.1, 0.15) is 17.3 Å². The van der Waals surface area contributed by atoms with Crippen LogP contribution in [0.15, 0.2) is 22.9 Å². The van der Waals surface area contributed by atoms with E-state index in [0.29, 0.717) is 5.56 Å². The molecule has 1 aromatic heterocycles. The number of carbonyl (C=O) groups is 1. The molecule has 1 atom stereocenters. The number of nitrogens with zero attached hydrogens (tertiary/aromatic N) is 1. The van der Waals surface area contributed by atoms with Gasteiger partial charge in [-0.15, -0.1) is 0 Å². The van der Waals surface area contributed by atoms with E-state index in [1.165, 1.54) is 6.20 Å². The van der Waals surface area contributed by atoms with E-state index >= 15 is 0 Å². The van der Waals surface area contributed by atoms with Crippen LogP contribution in [0, 0.1) is 0 Å². The highest BCUT2D eigenvalue weighted by molar-refractivity contribution is 9.10. The van der Waals surface area contributed by atoms with Crippen LogP contribution in [0.5, 0.6) is 0 Å². The monoisotopic (exact) mass is 228 g/mol. The van der Waals surface area contributed by atoms with E-state index in [2.05, 4.69) is 20.9 Å². The van der Waals surface area contributed by atoms with Crippen LogP contribution in [0.3, 0.4) is 0 Å². The van der Waals surface area contributed by atoms with Gasteiger partial charge in [-0.3, -0.25) is 9.78 Å². The van der Waals surface area contributed by atoms with Gasteiger partial charge in [-0.1, -0.05) is 0 Å². The topological polar surface area (TPSA) is 56.0 Å². The molecule has 1 aromatic rings. The molecule has 4 heteroatoms. The van der Waals surface area contributed by atoms with E-state index in [4.69, 9.17) is 5.73 Å². The van der Waals surface area contributed by atoms with Crippen molar-refractivity contribution in [2.75, 3.05) is 0 Å². The number of aromatic nitrogens is 1. The number of nitrogens with two attached hydrogens (primary N) is 1. The first kappa shape index (κ1) is 9.35. The largest absolute Gasteiger partial charge is 0.321 e. The highest BCUT2D eigenvalue weighted by atomic mass is 79.9. The average Bonchev–Trinajstić information content (AvgIpc) is 2.03. The van der Waals surface area contributed by atoms with Gasteiger partial charge in [-0.2, -0.15) is 0 Å². The van der Waals surface area contributed by atoms with E-state index < -0.39 is 6.04 Å². The predicted molar refractivity (Wildman–Crippen MR) is 49.9 cm³/mol. The van der Waals surface area contributed by atoms with Crippen molar-refractivity contribution < 1.29 is 4.79 Å². The Morgan fingerprint density at radius 3 is 2.83 bits per heavy atom. The van der Waals surface area contributed by atoms with Crippen molar-refractivity contribution in [1.29, 1.82) is 0 Å². The van der Waals surface area contributed by atoms with Crippen molar-refractivity contribution in [2.24, 2.45) is 5.73 Å². The van der Waals surface area contributed by atoms with Gasteiger partial charge >= 0.3 is 0 Å². The zero-order chi connectivity index (χ0) is 9.14. The quantitative estimate of drug-likeness (QED) is 0.779. The molecule has 0 saturated heterocycles. The highest BCUT2D eigenvalue weighted by Crippen LogP contribution is 2.10. The maximum atomic E-state index is 11.3. The van der Waals surface area contributed by atoms with Gasteiger partial charge in [0, 0.05) is 22.4 Å². The third-order valence-electron chi connectivity index (χ3n) is 1.40. The molecule has 1 rings (SSSR count). The Bertz CT molecular complexity index is 299. The lowest BCUT2D eigenvalue weighted by molar-refractivity contribution is 0.0967. The van der Waals surface area contributed by atoms with Crippen LogP contribution in [-0.4, -0.2) is 16.8 Å². The standard InChI is InChI=1S/C8H9BrN2O/c1-5(10)8(12)6-2-7(9)4-11-3-6/h2-5H,10H2,1H3. The number of halogens is 1.